The van der Waals surface area contributed by atoms with E-state index in [0.29, 0.717) is 11.1 Å². The standard InChI is InChI=1S/C27H26FN3O4S/c1-27(2)25(19-13-11-18(12-14-19)21-8-4-3-7-20(21)17-29)36(33,34)31-26(35-27)30-24(15-16-32)22-9-5-6-10-23(22)28/h3-14,24-25,32H,15-16H2,1-2H3,(H,30,31)/t24-,25?/m0/s1. The van der Waals surface area contributed by atoms with Gasteiger partial charge >= 0.3 is 6.02 Å². The number of halogens is 1. The molecule has 0 saturated carbocycles. The number of benzene rings is 3. The van der Waals surface area contributed by atoms with Crippen LogP contribution in [0.3, 0.4) is 0 Å². The van der Waals surface area contributed by atoms with E-state index in [2.05, 4.69) is 15.8 Å². The van der Waals surface area contributed by atoms with Crippen molar-refractivity contribution in [3.8, 4) is 17.2 Å². The van der Waals surface area contributed by atoms with Gasteiger partial charge in [0.15, 0.2) is 0 Å². The Hall–Kier alpha value is -3.74. The molecule has 0 radical (unpaired) electrons. The summed E-state index contributed by atoms with van der Waals surface area (Å²) in [5, 5.41) is 20.6. The molecule has 0 amide bonds. The average molecular weight is 508 g/mol. The van der Waals surface area contributed by atoms with Crippen molar-refractivity contribution in [3.05, 3.63) is 95.3 Å². The minimum Gasteiger partial charge on any atom is -0.457 e. The number of hydrogen-bond acceptors (Lipinski definition) is 6. The first kappa shape index (κ1) is 25.4. The third-order valence-corrected chi connectivity index (χ3v) is 7.92. The molecule has 4 rings (SSSR count). The summed E-state index contributed by atoms with van der Waals surface area (Å²) in [6.45, 7) is 3.04. The quantitative estimate of drug-likeness (QED) is 0.504. The van der Waals surface area contributed by atoms with Gasteiger partial charge in [0.25, 0.3) is 10.0 Å². The van der Waals surface area contributed by atoms with Crippen molar-refractivity contribution >= 4 is 16.0 Å². The molecule has 1 heterocycles. The Kier molecular flexibility index (Phi) is 7.11. The third-order valence-electron chi connectivity index (χ3n) is 6.07. The van der Waals surface area contributed by atoms with Crippen LogP contribution in [0.15, 0.2) is 77.2 Å². The van der Waals surface area contributed by atoms with Crippen LogP contribution >= 0.6 is 0 Å². The van der Waals surface area contributed by atoms with Gasteiger partial charge in [-0.3, -0.25) is 0 Å². The molecule has 0 aromatic heterocycles. The molecular formula is C27H26FN3O4S. The molecule has 186 valence electrons. The first-order valence-corrected chi connectivity index (χ1v) is 12.9. The SMILES string of the molecule is CC1(C)OC(N[C@@H](CCO)c2ccccc2F)=NS(=O)(=O)C1c1ccc(-c2ccccc2C#N)cc1. The van der Waals surface area contributed by atoms with E-state index < -0.39 is 32.7 Å². The fraction of sp³-hybridized carbons (Fsp3) is 0.259. The number of rotatable bonds is 6. The van der Waals surface area contributed by atoms with E-state index in [1.807, 2.05) is 12.1 Å². The van der Waals surface area contributed by atoms with Crippen LogP contribution < -0.4 is 5.32 Å². The van der Waals surface area contributed by atoms with Crippen molar-refractivity contribution in [2.45, 2.75) is 37.2 Å². The Morgan fingerprint density at radius 2 is 1.78 bits per heavy atom. The molecule has 2 atom stereocenters. The summed E-state index contributed by atoms with van der Waals surface area (Å²) >= 11 is 0. The van der Waals surface area contributed by atoms with Crippen LogP contribution in [0.5, 0.6) is 0 Å². The lowest BCUT2D eigenvalue weighted by Crippen LogP contribution is -2.47. The minimum atomic E-state index is -4.08. The smallest absolute Gasteiger partial charge is 0.301 e. The normalized spacial score (nSPS) is 18.9. The van der Waals surface area contributed by atoms with Crippen molar-refractivity contribution < 1.29 is 22.7 Å². The van der Waals surface area contributed by atoms with Crippen LogP contribution in [-0.2, 0) is 14.8 Å². The van der Waals surface area contributed by atoms with Crippen molar-refractivity contribution in [3.63, 3.8) is 0 Å². The molecule has 1 unspecified atom stereocenters. The fourth-order valence-corrected chi connectivity index (χ4v) is 6.18. The molecule has 0 spiro atoms. The first-order chi connectivity index (χ1) is 17.2. The predicted octanol–water partition coefficient (Wildman–Crippen LogP) is 4.61. The maximum Gasteiger partial charge on any atom is 0.301 e. The van der Waals surface area contributed by atoms with Gasteiger partial charge in [-0.2, -0.15) is 5.26 Å². The van der Waals surface area contributed by atoms with Crippen LogP contribution in [-0.4, -0.2) is 31.8 Å². The lowest BCUT2D eigenvalue weighted by molar-refractivity contribution is 0.0759. The zero-order valence-corrected chi connectivity index (χ0v) is 20.7. The number of nitriles is 1. The van der Waals surface area contributed by atoms with Crippen molar-refractivity contribution in [2.75, 3.05) is 6.61 Å². The number of nitrogens with zero attached hydrogens (tertiary/aromatic N) is 2. The summed E-state index contributed by atoms with van der Waals surface area (Å²) in [7, 11) is -4.08. The fourth-order valence-electron chi connectivity index (χ4n) is 4.49. The maximum atomic E-state index is 14.4. The molecule has 0 saturated heterocycles. The lowest BCUT2D eigenvalue weighted by atomic mass is 9.94. The molecule has 2 N–H and O–H groups in total. The highest BCUT2D eigenvalue weighted by Gasteiger charge is 2.47. The highest BCUT2D eigenvalue weighted by Crippen LogP contribution is 2.41. The molecule has 7 nitrogen and oxygen atoms in total. The van der Waals surface area contributed by atoms with Gasteiger partial charge in [-0.15, -0.1) is 4.40 Å². The Balaban J connectivity index is 1.65. The van der Waals surface area contributed by atoms with Crippen LogP contribution in [0.4, 0.5) is 4.39 Å². The molecule has 1 aliphatic heterocycles. The summed E-state index contributed by atoms with van der Waals surface area (Å²) in [6.07, 6.45) is 0.124. The van der Waals surface area contributed by atoms with Gasteiger partial charge in [0, 0.05) is 12.2 Å². The zero-order valence-electron chi connectivity index (χ0n) is 19.8. The molecule has 9 heteroatoms. The van der Waals surface area contributed by atoms with E-state index in [1.54, 1.807) is 68.4 Å². The van der Waals surface area contributed by atoms with E-state index >= 15 is 0 Å². The molecule has 3 aromatic rings. The predicted molar refractivity (Wildman–Crippen MR) is 135 cm³/mol. The highest BCUT2D eigenvalue weighted by atomic mass is 32.2. The molecular weight excluding hydrogens is 481 g/mol. The van der Waals surface area contributed by atoms with E-state index in [-0.39, 0.29) is 24.6 Å². The van der Waals surface area contributed by atoms with Crippen LogP contribution in [0.1, 0.15) is 48.3 Å². The largest absolute Gasteiger partial charge is 0.457 e. The van der Waals surface area contributed by atoms with E-state index in [4.69, 9.17) is 4.74 Å². The number of nitrogens with one attached hydrogen (secondary N) is 1. The monoisotopic (exact) mass is 507 g/mol. The molecule has 36 heavy (non-hydrogen) atoms. The van der Waals surface area contributed by atoms with Crippen molar-refractivity contribution in [1.29, 1.82) is 5.26 Å². The van der Waals surface area contributed by atoms with E-state index in [9.17, 15) is 23.2 Å². The maximum absolute atomic E-state index is 14.4. The summed E-state index contributed by atoms with van der Waals surface area (Å²) in [6, 6.07) is 21.3. The van der Waals surface area contributed by atoms with Crippen LogP contribution in [0.2, 0.25) is 0 Å². The van der Waals surface area contributed by atoms with Crippen LogP contribution in [0.25, 0.3) is 11.1 Å². The Morgan fingerprint density at radius 3 is 2.42 bits per heavy atom. The third kappa shape index (κ3) is 5.10. The zero-order chi connectivity index (χ0) is 25.9. The number of hydrogen-bond donors (Lipinski definition) is 2. The summed E-state index contributed by atoms with van der Waals surface area (Å²) in [4.78, 5) is 0. The van der Waals surface area contributed by atoms with Crippen molar-refractivity contribution in [1.82, 2.24) is 5.32 Å². The van der Waals surface area contributed by atoms with Crippen LogP contribution in [0, 0.1) is 17.1 Å². The van der Waals surface area contributed by atoms with Gasteiger partial charge in [0.1, 0.15) is 16.7 Å². The molecule has 1 aliphatic rings. The highest BCUT2D eigenvalue weighted by molar-refractivity contribution is 7.90. The number of aliphatic hydroxyl groups excluding tert-OH is 1. The molecule has 0 aliphatic carbocycles. The number of sulfonamides is 1. The van der Waals surface area contributed by atoms with Gasteiger partial charge < -0.3 is 15.2 Å². The topological polar surface area (TPSA) is 112 Å². The molecule has 3 aromatic carbocycles. The van der Waals surface area contributed by atoms with Gasteiger partial charge in [-0.05, 0) is 49.1 Å². The van der Waals surface area contributed by atoms with Gasteiger partial charge in [-0.25, -0.2) is 12.8 Å². The minimum absolute atomic E-state index is 0.124. The Morgan fingerprint density at radius 1 is 1.11 bits per heavy atom. The van der Waals surface area contributed by atoms with Gasteiger partial charge in [0.05, 0.1) is 17.7 Å². The molecule has 0 fully saturated rings. The lowest BCUT2D eigenvalue weighted by Gasteiger charge is -2.38. The Labute approximate surface area is 209 Å². The number of amidine groups is 1. The molecule has 0 bridgehead atoms. The Bertz CT molecular complexity index is 1430. The van der Waals surface area contributed by atoms with Crippen molar-refractivity contribution in [2.24, 2.45) is 4.40 Å². The average Bonchev–Trinajstić information content (AvgIpc) is 2.83. The first-order valence-electron chi connectivity index (χ1n) is 11.4. The van der Waals surface area contributed by atoms with E-state index in [1.165, 1.54) is 6.07 Å². The van der Waals surface area contributed by atoms with Gasteiger partial charge in [-0.1, -0.05) is 60.7 Å². The second-order valence-electron chi connectivity index (χ2n) is 9.01. The number of aliphatic hydroxyl groups is 1. The summed E-state index contributed by atoms with van der Waals surface area (Å²) < 4.78 is 50.9. The summed E-state index contributed by atoms with van der Waals surface area (Å²) in [5.74, 6) is -0.488. The second kappa shape index (κ2) is 10.1. The second-order valence-corrected chi connectivity index (χ2v) is 10.7. The van der Waals surface area contributed by atoms with E-state index in [0.717, 1.165) is 11.1 Å². The summed E-state index contributed by atoms with van der Waals surface area (Å²) in [5.41, 5.74) is 1.59. The van der Waals surface area contributed by atoms with Gasteiger partial charge in [0.2, 0.25) is 0 Å². The number of ether oxygens (including phenoxy) is 1.